The smallest absolute Gasteiger partial charge is 0.338 e. The molecule has 0 aliphatic carbocycles. The van der Waals surface area contributed by atoms with Crippen LogP contribution < -0.4 is 0 Å². The van der Waals surface area contributed by atoms with Gasteiger partial charge >= 0.3 is 5.97 Å². The highest BCUT2D eigenvalue weighted by atomic mass is 16.8. The molecule has 4 aromatic carbocycles. The Labute approximate surface area is 317 Å². The maximum absolute atomic E-state index is 13.8. The van der Waals surface area contributed by atoms with Gasteiger partial charge in [-0.25, -0.2) is 4.79 Å². The molecule has 0 N–H and O–H groups in total. The van der Waals surface area contributed by atoms with Crippen LogP contribution in [0.2, 0.25) is 0 Å². The Morgan fingerprint density at radius 3 is 1.50 bits per heavy atom. The van der Waals surface area contributed by atoms with Crippen molar-refractivity contribution in [2.24, 2.45) is 0 Å². The van der Waals surface area contributed by atoms with Crippen LogP contribution in [0, 0.1) is 0 Å². The Balaban J connectivity index is 1.35. The summed E-state index contributed by atoms with van der Waals surface area (Å²) in [5.74, 6) is -0.565. The molecule has 4 aromatic rings. The first-order valence-electron chi connectivity index (χ1n) is 18.4. The average molecular weight is 739 g/mol. The molecule has 0 saturated carbocycles. The predicted octanol–water partition coefficient (Wildman–Crippen LogP) is 7.06. The Kier molecular flexibility index (Phi) is 14.5. The molecule has 0 spiro atoms. The van der Waals surface area contributed by atoms with Crippen LogP contribution >= 0.6 is 0 Å². The molecule has 2 aliphatic heterocycles. The van der Waals surface area contributed by atoms with E-state index < -0.39 is 67.4 Å². The van der Waals surface area contributed by atoms with Crippen molar-refractivity contribution < 1.29 is 47.4 Å². The number of benzene rings is 4. The minimum absolute atomic E-state index is 0.167. The summed E-state index contributed by atoms with van der Waals surface area (Å²) >= 11 is 0. The van der Waals surface area contributed by atoms with E-state index in [1.54, 1.807) is 37.5 Å². The quantitative estimate of drug-likeness (QED) is 0.0827. The number of carbonyl (C=O) groups is 1. The first-order chi connectivity index (χ1) is 26.4. The Hall–Kier alpha value is -4.23. The third-order valence-electron chi connectivity index (χ3n) is 9.49. The summed E-state index contributed by atoms with van der Waals surface area (Å²) in [6, 6.07) is 38.3. The van der Waals surface area contributed by atoms with Gasteiger partial charge in [-0.2, -0.15) is 0 Å². The maximum Gasteiger partial charge on any atom is 0.338 e. The van der Waals surface area contributed by atoms with Gasteiger partial charge in [0.1, 0.15) is 30.5 Å². The second kappa shape index (κ2) is 19.9. The molecule has 0 unspecified atom stereocenters. The summed E-state index contributed by atoms with van der Waals surface area (Å²) in [6.07, 6.45) is -6.14. The Bertz CT molecular complexity index is 1690. The van der Waals surface area contributed by atoms with E-state index >= 15 is 0 Å². The molecule has 0 aromatic heterocycles. The summed E-state index contributed by atoms with van der Waals surface area (Å²) < 4.78 is 58.3. The van der Waals surface area contributed by atoms with Gasteiger partial charge in [0, 0.05) is 7.11 Å². The fourth-order valence-electron chi connectivity index (χ4n) is 6.75. The standard InChI is InChI=1S/C44H50O10/c1-5-26-47-38-36(48-27-32-18-10-6-11-19-32)30(2)52-44(41(38)53-42(45)35-24-16-9-17-25-35)54-39-37(49-28-33-20-12-7-13-21-33)31(3)51-43(46-4)40(39)50-29-34-22-14-8-15-23-34/h5-25,30-31,36-41,43-44H,1,26-29H2,2-4H3/t30-,31-,36-,37-,38+,39+,40+,41+,43+,44-/m1/s1. The highest BCUT2D eigenvalue weighted by molar-refractivity contribution is 5.89. The number of carbonyl (C=O) groups excluding carboxylic acids is 1. The molecule has 2 fully saturated rings. The molecule has 10 atom stereocenters. The highest BCUT2D eigenvalue weighted by Crippen LogP contribution is 2.36. The summed E-state index contributed by atoms with van der Waals surface area (Å²) in [5.41, 5.74) is 3.28. The van der Waals surface area contributed by atoms with Crippen LogP contribution in [0.4, 0.5) is 0 Å². The molecule has 0 radical (unpaired) electrons. The van der Waals surface area contributed by atoms with Gasteiger partial charge in [0.05, 0.1) is 44.2 Å². The van der Waals surface area contributed by atoms with Crippen LogP contribution in [-0.4, -0.2) is 81.1 Å². The molecule has 2 heterocycles. The zero-order chi connectivity index (χ0) is 37.7. The Morgan fingerprint density at radius 1 is 0.574 bits per heavy atom. The van der Waals surface area contributed by atoms with Crippen molar-refractivity contribution in [3.63, 3.8) is 0 Å². The van der Waals surface area contributed by atoms with Crippen molar-refractivity contribution >= 4 is 5.97 Å². The van der Waals surface area contributed by atoms with Gasteiger partial charge in [-0.15, -0.1) is 6.58 Å². The van der Waals surface area contributed by atoms with Gasteiger partial charge in [0.2, 0.25) is 0 Å². The molecule has 0 amide bonds. The molecule has 6 rings (SSSR count). The molecule has 2 saturated heterocycles. The van der Waals surface area contributed by atoms with Crippen LogP contribution in [0.3, 0.4) is 0 Å². The third kappa shape index (κ3) is 10.3. The Morgan fingerprint density at radius 2 is 1.02 bits per heavy atom. The number of hydrogen-bond acceptors (Lipinski definition) is 10. The lowest BCUT2D eigenvalue weighted by atomic mass is 9.96. The maximum atomic E-state index is 13.8. The number of hydrogen-bond donors (Lipinski definition) is 0. The molecule has 54 heavy (non-hydrogen) atoms. The van der Waals surface area contributed by atoms with E-state index in [2.05, 4.69) is 6.58 Å². The van der Waals surface area contributed by atoms with Crippen molar-refractivity contribution in [1.82, 2.24) is 0 Å². The molecular weight excluding hydrogens is 688 g/mol. The van der Waals surface area contributed by atoms with Gasteiger partial charge in [-0.3, -0.25) is 0 Å². The predicted molar refractivity (Wildman–Crippen MR) is 201 cm³/mol. The summed E-state index contributed by atoms with van der Waals surface area (Å²) in [6.45, 7) is 8.67. The minimum atomic E-state index is -1.14. The topological polar surface area (TPSA) is 100 Å². The minimum Gasteiger partial charge on any atom is -0.450 e. The lowest BCUT2D eigenvalue weighted by Gasteiger charge is -2.49. The van der Waals surface area contributed by atoms with Crippen molar-refractivity contribution in [3.05, 3.63) is 156 Å². The van der Waals surface area contributed by atoms with E-state index in [4.69, 9.17) is 42.6 Å². The molecule has 10 heteroatoms. The first kappa shape index (κ1) is 39.5. The average Bonchev–Trinajstić information content (AvgIpc) is 3.21. The van der Waals surface area contributed by atoms with Crippen LogP contribution in [-0.2, 0) is 62.5 Å². The normalized spacial score (nSPS) is 28.3. The second-order valence-electron chi connectivity index (χ2n) is 13.4. The lowest BCUT2D eigenvalue weighted by molar-refractivity contribution is -0.364. The highest BCUT2D eigenvalue weighted by Gasteiger charge is 2.54. The van der Waals surface area contributed by atoms with E-state index in [0.717, 1.165) is 16.7 Å². The van der Waals surface area contributed by atoms with Crippen molar-refractivity contribution in [2.45, 2.75) is 95.1 Å². The van der Waals surface area contributed by atoms with Crippen LogP contribution in [0.25, 0.3) is 0 Å². The fraction of sp³-hybridized carbons (Fsp3) is 0.386. The van der Waals surface area contributed by atoms with Crippen LogP contribution in [0.1, 0.15) is 40.9 Å². The molecule has 0 bridgehead atoms. The summed E-state index contributed by atoms with van der Waals surface area (Å²) in [4.78, 5) is 13.8. The zero-order valence-corrected chi connectivity index (χ0v) is 31.0. The van der Waals surface area contributed by atoms with Crippen molar-refractivity contribution in [1.29, 1.82) is 0 Å². The van der Waals surface area contributed by atoms with Gasteiger partial charge in [0.25, 0.3) is 0 Å². The van der Waals surface area contributed by atoms with Crippen molar-refractivity contribution in [2.75, 3.05) is 13.7 Å². The lowest BCUT2D eigenvalue weighted by Crippen LogP contribution is -2.65. The van der Waals surface area contributed by atoms with E-state index in [1.165, 1.54) is 0 Å². The third-order valence-corrected chi connectivity index (χ3v) is 9.49. The van der Waals surface area contributed by atoms with Crippen molar-refractivity contribution in [3.8, 4) is 0 Å². The van der Waals surface area contributed by atoms with E-state index in [9.17, 15) is 4.79 Å². The van der Waals surface area contributed by atoms with Gasteiger partial charge in [0.15, 0.2) is 18.7 Å². The molecule has 286 valence electrons. The number of rotatable bonds is 17. The van der Waals surface area contributed by atoms with Crippen LogP contribution in [0.15, 0.2) is 134 Å². The van der Waals surface area contributed by atoms with E-state index in [-0.39, 0.29) is 26.4 Å². The first-order valence-corrected chi connectivity index (χ1v) is 18.4. The van der Waals surface area contributed by atoms with E-state index in [0.29, 0.717) is 5.56 Å². The number of esters is 1. The summed E-state index contributed by atoms with van der Waals surface area (Å²) in [5, 5.41) is 0. The van der Waals surface area contributed by atoms with Gasteiger partial charge in [-0.05, 0) is 42.7 Å². The molecule has 2 aliphatic rings. The monoisotopic (exact) mass is 738 g/mol. The second-order valence-corrected chi connectivity index (χ2v) is 13.4. The molecular formula is C44H50O10. The summed E-state index contributed by atoms with van der Waals surface area (Å²) in [7, 11) is 1.57. The van der Waals surface area contributed by atoms with E-state index in [1.807, 2.05) is 111 Å². The number of methoxy groups -OCH3 is 1. The SMILES string of the molecule is C=CCO[C@@H]1[C@H](OC(=O)c2ccccc2)[C@@H](O[C@@H]2[C@H](OCc3ccccc3)[C@@H](OC)O[C@H](C)[C@H]2OCc2ccccc2)O[C@H](C)[C@H]1OCc1ccccc1. The number of ether oxygens (including phenoxy) is 9. The molecule has 10 nitrogen and oxygen atoms in total. The fourth-order valence-corrected chi connectivity index (χ4v) is 6.75. The largest absolute Gasteiger partial charge is 0.450 e. The van der Waals surface area contributed by atoms with Gasteiger partial charge in [-0.1, -0.05) is 115 Å². The zero-order valence-electron chi connectivity index (χ0n) is 31.0. The van der Waals surface area contributed by atoms with Crippen LogP contribution in [0.5, 0.6) is 0 Å². The van der Waals surface area contributed by atoms with Gasteiger partial charge < -0.3 is 42.6 Å².